The third-order valence-electron chi connectivity index (χ3n) is 3.71. The first-order valence-corrected chi connectivity index (χ1v) is 6.93. The molecule has 0 bridgehead atoms. The molecule has 22 heavy (non-hydrogen) atoms. The zero-order valence-electron chi connectivity index (χ0n) is 12.2. The highest BCUT2D eigenvalue weighted by atomic mass is 16.1. The summed E-state index contributed by atoms with van der Waals surface area (Å²) in [6, 6.07) is 5.58. The molecule has 0 aliphatic carbocycles. The average molecular weight is 291 g/mol. The fourth-order valence-corrected chi connectivity index (χ4v) is 2.78. The number of benzene rings is 1. The van der Waals surface area contributed by atoms with Crippen LogP contribution in [-0.4, -0.2) is 24.6 Å². The van der Waals surface area contributed by atoms with E-state index >= 15 is 0 Å². The Morgan fingerprint density at radius 2 is 1.95 bits per heavy atom. The molecule has 3 aromatic heterocycles. The minimum atomic E-state index is -0.197. The third-order valence-corrected chi connectivity index (χ3v) is 3.71. The van der Waals surface area contributed by atoms with Crippen LogP contribution in [0.5, 0.6) is 0 Å². The van der Waals surface area contributed by atoms with Crippen molar-refractivity contribution in [3.63, 3.8) is 0 Å². The van der Waals surface area contributed by atoms with Crippen molar-refractivity contribution >= 4 is 16.4 Å². The Morgan fingerprint density at radius 3 is 2.82 bits per heavy atom. The van der Waals surface area contributed by atoms with Crippen LogP contribution in [0.4, 0.5) is 0 Å². The van der Waals surface area contributed by atoms with E-state index in [-0.39, 0.29) is 5.56 Å². The maximum Gasteiger partial charge on any atom is 0.272 e. The lowest BCUT2D eigenvalue weighted by molar-refractivity contribution is 1.01. The summed E-state index contributed by atoms with van der Waals surface area (Å²) in [7, 11) is 0. The first-order chi connectivity index (χ1) is 10.6. The molecule has 0 aliphatic heterocycles. The van der Waals surface area contributed by atoms with Crippen LogP contribution < -0.4 is 5.56 Å². The summed E-state index contributed by atoms with van der Waals surface area (Å²) in [5.74, 6) is 0. The fourth-order valence-electron chi connectivity index (χ4n) is 2.78. The summed E-state index contributed by atoms with van der Waals surface area (Å²) in [6.45, 7) is 3.89. The van der Waals surface area contributed by atoms with Crippen LogP contribution in [0.2, 0.25) is 0 Å². The molecule has 6 nitrogen and oxygen atoms in total. The van der Waals surface area contributed by atoms with E-state index in [1.54, 1.807) is 12.3 Å². The molecule has 108 valence electrons. The second-order valence-corrected chi connectivity index (χ2v) is 5.29. The average Bonchev–Trinajstić information content (AvgIpc) is 2.91. The molecule has 0 aliphatic rings. The number of imidazole rings is 1. The van der Waals surface area contributed by atoms with Crippen molar-refractivity contribution in [1.29, 1.82) is 0 Å². The van der Waals surface area contributed by atoms with Gasteiger partial charge in [-0.2, -0.15) is 5.10 Å². The molecule has 6 heteroatoms. The molecule has 4 rings (SSSR count). The van der Waals surface area contributed by atoms with E-state index in [0.29, 0.717) is 5.39 Å². The van der Waals surface area contributed by atoms with Gasteiger partial charge in [-0.15, -0.1) is 0 Å². The largest absolute Gasteiger partial charge is 0.303 e. The third kappa shape index (κ3) is 1.81. The molecule has 0 fully saturated rings. The van der Waals surface area contributed by atoms with Crippen LogP contribution in [0.25, 0.3) is 27.7 Å². The Bertz CT molecular complexity index is 1080. The molecule has 0 unspecified atom stereocenters. The predicted octanol–water partition coefficient (Wildman–Crippen LogP) is 2.25. The number of fused-ring (bicyclic) bond motifs is 2. The van der Waals surface area contributed by atoms with Crippen LogP contribution in [-0.2, 0) is 0 Å². The molecule has 0 amide bonds. The van der Waals surface area contributed by atoms with Crippen molar-refractivity contribution in [3.8, 4) is 11.3 Å². The Kier molecular flexibility index (Phi) is 2.59. The number of rotatable bonds is 1. The minimum Gasteiger partial charge on any atom is -0.303 e. The topological polar surface area (TPSA) is 75.9 Å². The van der Waals surface area contributed by atoms with Gasteiger partial charge in [0.1, 0.15) is 0 Å². The van der Waals surface area contributed by atoms with Crippen LogP contribution in [0, 0.1) is 13.8 Å². The van der Waals surface area contributed by atoms with Crippen molar-refractivity contribution in [2.24, 2.45) is 0 Å². The van der Waals surface area contributed by atoms with Crippen molar-refractivity contribution in [2.75, 3.05) is 0 Å². The van der Waals surface area contributed by atoms with E-state index in [1.807, 2.05) is 42.8 Å². The summed E-state index contributed by atoms with van der Waals surface area (Å²) in [5.41, 5.74) is 4.12. The predicted molar refractivity (Wildman–Crippen MR) is 83.8 cm³/mol. The van der Waals surface area contributed by atoms with Gasteiger partial charge in [0.2, 0.25) is 0 Å². The van der Waals surface area contributed by atoms with Gasteiger partial charge in [0.15, 0.2) is 5.65 Å². The minimum absolute atomic E-state index is 0.197. The van der Waals surface area contributed by atoms with Crippen LogP contribution in [0.15, 0.2) is 41.6 Å². The molecule has 1 N–H and O–H groups in total. The first-order valence-electron chi connectivity index (χ1n) is 6.93. The number of H-pyrrole nitrogens is 1. The van der Waals surface area contributed by atoms with E-state index < -0.39 is 0 Å². The second-order valence-electron chi connectivity index (χ2n) is 5.29. The monoisotopic (exact) mass is 291 g/mol. The van der Waals surface area contributed by atoms with Gasteiger partial charge < -0.3 is 4.40 Å². The highest BCUT2D eigenvalue weighted by Gasteiger charge is 2.11. The second kappa shape index (κ2) is 4.49. The Morgan fingerprint density at radius 1 is 1.09 bits per heavy atom. The summed E-state index contributed by atoms with van der Waals surface area (Å²) in [4.78, 5) is 21.0. The highest BCUT2D eigenvalue weighted by Crippen LogP contribution is 2.26. The van der Waals surface area contributed by atoms with Gasteiger partial charge in [0.05, 0.1) is 28.7 Å². The molecular formula is C16H13N5O. The lowest BCUT2D eigenvalue weighted by Crippen LogP contribution is -2.07. The quantitative estimate of drug-likeness (QED) is 0.583. The molecule has 1 aromatic carbocycles. The van der Waals surface area contributed by atoms with Gasteiger partial charge in [-0.05, 0) is 19.9 Å². The van der Waals surface area contributed by atoms with E-state index in [9.17, 15) is 4.79 Å². The van der Waals surface area contributed by atoms with Crippen LogP contribution in [0.1, 0.15) is 11.4 Å². The zero-order valence-corrected chi connectivity index (χ0v) is 12.2. The van der Waals surface area contributed by atoms with Crippen LogP contribution >= 0.6 is 0 Å². The standard InChI is InChI=1S/C16H13N5O/c1-9-7-21-8-14(19-15(21)10(2)18-9)11-4-3-5-12-13(11)6-17-20-16(12)22/h3-8H,1-2H3,(H,20,22). The molecule has 0 atom stereocenters. The lowest BCUT2D eigenvalue weighted by atomic mass is 10.1. The van der Waals surface area contributed by atoms with Crippen molar-refractivity contribution in [1.82, 2.24) is 24.6 Å². The zero-order chi connectivity index (χ0) is 15.3. The molecule has 0 saturated heterocycles. The van der Waals surface area contributed by atoms with Gasteiger partial charge >= 0.3 is 0 Å². The number of aryl methyl sites for hydroxylation is 2. The van der Waals surface area contributed by atoms with E-state index in [4.69, 9.17) is 0 Å². The summed E-state index contributed by atoms with van der Waals surface area (Å²) >= 11 is 0. The number of aromatic nitrogens is 5. The van der Waals surface area contributed by atoms with Crippen molar-refractivity contribution < 1.29 is 0 Å². The molecule has 3 heterocycles. The van der Waals surface area contributed by atoms with Crippen LogP contribution in [0.3, 0.4) is 0 Å². The summed E-state index contributed by atoms with van der Waals surface area (Å²) < 4.78 is 1.96. The smallest absolute Gasteiger partial charge is 0.272 e. The van der Waals surface area contributed by atoms with Gasteiger partial charge in [-0.1, -0.05) is 12.1 Å². The van der Waals surface area contributed by atoms with Gasteiger partial charge in [-0.25, -0.2) is 10.1 Å². The number of hydrogen-bond acceptors (Lipinski definition) is 4. The number of nitrogens with one attached hydrogen (secondary N) is 1. The van der Waals surface area contributed by atoms with E-state index in [0.717, 1.165) is 33.7 Å². The molecular weight excluding hydrogens is 278 g/mol. The van der Waals surface area contributed by atoms with Gasteiger partial charge in [0, 0.05) is 23.3 Å². The molecule has 0 radical (unpaired) electrons. The number of hydrogen-bond donors (Lipinski definition) is 1. The van der Waals surface area contributed by atoms with E-state index in [2.05, 4.69) is 20.2 Å². The Labute approximate surface area is 125 Å². The number of aromatic amines is 1. The van der Waals surface area contributed by atoms with Gasteiger partial charge in [0.25, 0.3) is 5.56 Å². The Balaban J connectivity index is 2.06. The van der Waals surface area contributed by atoms with Gasteiger partial charge in [-0.3, -0.25) is 9.78 Å². The first kappa shape index (κ1) is 12.7. The lowest BCUT2D eigenvalue weighted by Gasteiger charge is -2.01. The highest BCUT2D eigenvalue weighted by molar-refractivity contribution is 5.94. The fraction of sp³-hybridized carbons (Fsp3) is 0.125. The van der Waals surface area contributed by atoms with E-state index in [1.165, 1.54) is 0 Å². The maximum atomic E-state index is 11.9. The summed E-state index contributed by atoms with van der Waals surface area (Å²) in [6.07, 6.45) is 5.55. The van der Waals surface area contributed by atoms with Crippen molar-refractivity contribution in [3.05, 3.63) is 58.5 Å². The number of nitrogens with zero attached hydrogens (tertiary/aromatic N) is 4. The molecule has 0 spiro atoms. The maximum absolute atomic E-state index is 11.9. The summed E-state index contributed by atoms with van der Waals surface area (Å²) in [5, 5.41) is 7.75. The normalized spacial score (nSPS) is 11.4. The molecule has 0 saturated carbocycles. The van der Waals surface area contributed by atoms with Crippen molar-refractivity contribution in [2.45, 2.75) is 13.8 Å². The Hall–Kier alpha value is -3.02. The SMILES string of the molecule is Cc1cn2cc(-c3cccc4c(=O)[nH]ncc34)nc2c(C)n1. The molecule has 4 aromatic rings.